The summed E-state index contributed by atoms with van der Waals surface area (Å²) in [4.78, 5) is 14.2. The van der Waals surface area contributed by atoms with Crippen LogP contribution in [0.5, 0.6) is 0 Å². The van der Waals surface area contributed by atoms with Crippen LogP contribution in [0.4, 0.5) is 0 Å². The molecule has 5 aromatic heterocycles. The van der Waals surface area contributed by atoms with Gasteiger partial charge in [0.2, 0.25) is 0 Å². The van der Waals surface area contributed by atoms with Gasteiger partial charge in [0.05, 0.1) is 30.3 Å². The number of hydrogen-bond acceptors (Lipinski definition) is 6. The molecule has 1 aliphatic heterocycles. The van der Waals surface area contributed by atoms with Gasteiger partial charge in [-0.2, -0.15) is 0 Å². The van der Waals surface area contributed by atoms with E-state index in [0.717, 1.165) is 67.6 Å². The maximum Gasteiger partial charge on any atom is 0.137 e. The van der Waals surface area contributed by atoms with Gasteiger partial charge in [-0.15, -0.1) is 5.10 Å². The van der Waals surface area contributed by atoms with E-state index in [4.69, 9.17) is 4.98 Å². The Labute approximate surface area is 204 Å². The van der Waals surface area contributed by atoms with Crippen molar-refractivity contribution in [3.05, 3.63) is 85.0 Å². The number of likely N-dealkylation sites (N-methyl/N-ethyl adjacent to an activating group) is 1. The molecule has 1 aliphatic rings. The molecule has 0 radical (unpaired) electrons. The number of imidazole rings is 1. The quantitative estimate of drug-likeness (QED) is 0.367. The Hall–Kier alpha value is -3.82. The molecule has 35 heavy (non-hydrogen) atoms. The third kappa shape index (κ3) is 4.73. The first-order valence-electron chi connectivity index (χ1n) is 12.1. The molecule has 0 amide bonds. The van der Waals surface area contributed by atoms with Crippen molar-refractivity contribution in [2.24, 2.45) is 0 Å². The topological polar surface area (TPSA) is 72.3 Å². The highest BCUT2D eigenvalue weighted by atomic mass is 15.4. The minimum atomic E-state index is 0.563. The highest BCUT2D eigenvalue weighted by molar-refractivity contribution is 5.59. The molecule has 6 rings (SSSR count). The van der Waals surface area contributed by atoms with Crippen molar-refractivity contribution in [2.45, 2.75) is 20.0 Å². The van der Waals surface area contributed by atoms with Gasteiger partial charge in [0.25, 0.3) is 0 Å². The molecule has 0 aromatic carbocycles. The minimum Gasteiger partial charge on any atom is -0.322 e. The summed E-state index contributed by atoms with van der Waals surface area (Å²) in [7, 11) is 0. The number of nitrogens with zero attached hydrogens (tertiary/aromatic N) is 9. The number of aromatic nitrogens is 7. The molecule has 0 aliphatic carbocycles. The van der Waals surface area contributed by atoms with Crippen molar-refractivity contribution >= 4 is 5.65 Å². The Morgan fingerprint density at radius 1 is 0.886 bits per heavy atom. The fraction of sp³-hybridized carbons (Fsp3) is 0.308. The van der Waals surface area contributed by atoms with Crippen molar-refractivity contribution in [3.8, 4) is 16.9 Å². The van der Waals surface area contributed by atoms with Crippen LogP contribution in [0.1, 0.15) is 18.2 Å². The molecule has 9 heteroatoms. The van der Waals surface area contributed by atoms with Gasteiger partial charge < -0.3 is 13.9 Å². The summed E-state index contributed by atoms with van der Waals surface area (Å²) in [5.41, 5.74) is 5.93. The first-order valence-corrected chi connectivity index (χ1v) is 12.1. The molecule has 0 atom stereocenters. The van der Waals surface area contributed by atoms with Crippen LogP contribution < -0.4 is 0 Å². The predicted molar refractivity (Wildman–Crippen MR) is 134 cm³/mol. The van der Waals surface area contributed by atoms with E-state index in [1.54, 1.807) is 0 Å². The minimum absolute atomic E-state index is 0.563. The predicted octanol–water partition coefficient (Wildman–Crippen LogP) is 2.96. The Balaban J connectivity index is 1.15. The van der Waals surface area contributed by atoms with Gasteiger partial charge in [-0.05, 0) is 36.4 Å². The van der Waals surface area contributed by atoms with Crippen LogP contribution in [-0.2, 0) is 13.1 Å². The summed E-state index contributed by atoms with van der Waals surface area (Å²) in [5.74, 6) is 0. The summed E-state index contributed by atoms with van der Waals surface area (Å²) in [6.45, 7) is 9.47. The highest BCUT2D eigenvalue weighted by Gasteiger charge is 2.16. The van der Waals surface area contributed by atoms with Crippen molar-refractivity contribution < 1.29 is 0 Å². The summed E-state index contributed by atoms with van der Waals surface area (Å²) in [5, 5.41) is 8.70. The average Bonchev–Trinajstić information content (AvgIpc) is 3.66. The van der Waals surface area contributed by atoms with Crippen LogP contribution in [-0.4, -0.2) is 76.5 Å². The van der Waals surface area contributed by atoms with Crippen LogP contribution in [0.15, 0.2) is 73.7 Å². The molecule has 5 aromatic rings. The van der Waals surface area contributed by atoms with Gasteiger partial charge in [-0.3, -0.25) is 9.88 Å². The lowest BCUT2D eigenvalue weighted by molar-refractivity contribution is 0.132. The van der Waals surface area contributed by atoms with Crippen LogP contribution in [0.25, 0.3) is 22.6 Å². The summed E-state index contributed by atoms with van der Waals surface area (Å²) < 4.78 is 5.97. The largest absolute Gasteiger partial charge is 0.322 e. The molecule has 9 nitrogen and oxygen atoms in total. The van der Waals surface area contributed by atoms with Gasteiger partial charge in [-0.1, -0.05) is 18.2 Å². The maximum absolute atomic E-state index is 4.79. The molecule has 0 spiro atoms. The fourth-order valence-electron chi connectivity index (χ4n) is 4.67. The van der Waals surface area contributed by atoms with Crippen molar-refractivity contribution in [2.75, 3.05) is 32.7 Å². The van der Waals surface area contributed by atoms with Crippen LogP contribution in [0, 0.1) is 0 Å². The van der Waals surface area contributed by atoms with E-state index in [9.17, 15) is 0 Å². The second-order valence-corrected chi connectivity index (χ2v) is 9.07. The molecular formula is C26H29N9. The molecule has 0 saturated carbocycles. The van der Waals surface area contributed by atoms with Gasteiger partial charge in [0, 0.05) is 69.3 Å². The zero-order chi connectivity index (χ0) is 23.6. The van der Waals surface area contributed by atoms with Gasteiger partial charge >= 0.3 is 0 Å². The second-order valence-electron chi connectivity index (χ2n) is 9.07. The van der Waals surface area contributed by atoms with Crippen molar-refractivity contribution in [1.82, 2.24) is 43.7 Å². The van der Waals surface area contributed by atoms with E-state index in [1.807, 2.05) is 52.4 Å². The monoisotopic (exact) mass is 467 g/mol. The van der Waals surface area contributed by atoms with Crippen LogP contribution >= 0.6 is 0 Å². The van der Waals surface area contributed by atoms with E-state index in [0.29, 0.717) is 6.54 Å². The zero-order valence-corrected chi connectivity index (χ0v) is 19.9. The molecule has 178 valence electrons. The Morgan fingerprint density at radius 3 is 2.54 bits per heavy atom. The number of pyridine rings is 2. The number of rotatable bonds is 7. The average molecular weight is 468 g/mol. The van der Waals surface area contributed by atoms with E-state index in [1.165, 1.54) is 5.56 Å². The van der Waals surface area contributed by atoms with Crippen LogP contribution in [0.2, 0.25) is 0 Å². The van der Waals surface area contributed by atoms with E-state index in [2.05, 4.69) is 67.0 Å². The Kier molecular flexibility index (Phi) is 5.85. The lowest BCUT2D eigenvalue weighted by Gasteiger charge is -2.34. The first kappa shape index (κ1) is 21.7. The fourth-order valence-corrected chi connectivity index (χ4v) is 4.67. The number of fused-ring (bicyclic) bond motifs is 1. The molecule has 0 N–H and O–H groups in total. The summed E-state index contributed by atoms with van der Waals surface area (Å²) >= 11 is 0. The molecular weight excluding hydrogens is 438 g/mol. The number of hydrogen-bond donors (Lipinski definition) is 0. The molecule has 1 saturated heterocycles. The molecule has 1 fully saturated rings. The normalized spacial score (nSPS) is 15.2. The second kappa shape index (κ2) is 9.44. The summed E-state index contributed by atoms with van der Waals surface area (Å²) in [6.07, 6.45) is 13.9. The van der Waals surface area contributed by atoms with Crippen molar-refractivity contribution in [1.29, 1.82) is 0 Å². The molecule has 0 bridgehead atoms. The van der Waals surface area contributed by atoms with Crippen molar-refractivity contribution in [3.63, 3.8) is 0 Å². The standard InChI is InChI=1S/C26H29N9/c1-2-31-9-11-32(12-10-31)16-21-5-6-26-28-23(18-34(26)17-21)19-35-20-25(29-30-35)22-13-24(15-27-14-22)33-7-3-4-8-33/h3-8,13-15,17-18,20H,2,9-12,16,19H2,1H3. The number of piperazine rings is 1. The highest BCUT2D eigenvalue weighted by Crippen LogP contribution is 2.19. The Bertz CT molecular complexity index is 1410. The van der Waals surface area contributed by atoms with E-state index < -0.39 is 0 Å². The first-order chi connectivity index (χ1) is 17.2. The lowest BCUT2D eigenvalue weighted by atomic mass is 10.2. The zero-order valence-electron chi connectivity index (χ0n) is 19.9. The van der Waals surface area contributed by atoms with E-state index in [-0.39, 0.29) is 0 Å². The summed E-state index contributed by atoms with van der Waals surface area (Å²) in [6, 6.07) is 10.3. The lowest BCUT2D eigenvalue weighted by Crippen LogP contribution is -2.45. The van der Waals surface area contributed by atoms with Gasteiger partial charge in [-0.25, -0.2) is 9.67 Å². The third-order valence-electron chi connectivity index (χ3n) is 6.67. The SMILES string of the molecule is CCN1CCN(Cc2ccc3nc(Cn4cc(-c5cncc(-n6cccc6)c5)nn4)cn3c2)CC1. The van der Waals surface area contributed by atoms with Gasteiger partial charge in [0.15, 0.2) is 0 Å². The smallest absolute Gasteiger partial charge is 0.137 e. The Morgan fingerprint density at radius 2 is 1.71 bits per heavy atom. The third-order valence-corrected chi connectivity index (χ3v) is 6.67. The van der Waals surface area contributed by atoms with Crippen LogP contribution in [0.3, 0.4) is 0 Å². The molecule has 6 heterocycles. The van der Waals surface area contributed by atoms with E-state index >= 15 is 0 Å². The molecule has 0 unspecified atom stereocenters. The van der Waals surface area contributed by atoms with Gasteiger partial charge in [0.1, 0.15) is 11.3 Å². The maximum atomic E-state index is 4.79.